The highest BCUT2D eigenvalue weighted by molar-refractivity contribution is 6.30. The van der Waals surface area contributed by atoms with E-state index in [0.717, 1.165) is 31.4 Å². The van der Waals surface area contributed by atoms with Crippen LogP contribution in [0.2, 0.25) is 5.02 Å². The van der Waals surface area contributed by atoms with Crippen LogP contribution in [0, 0.1) is 5.82 Å². The van der Waals surface area contributed by atoms with E-state index >= 15 is 0 Å². The fourth-order valence-electron chi connectivity index (χ4n) is 2.63. The van der Waals surface area contributed by atoms with Gasteiger partial charge in [-0.25, -0.2) is 4.39 Å². The molecule has 2 nitrogen and oxygen atoms in total. The summed E-state index contributed by atoms with van der Waals surface area (Å²) in [4.78, 5) is 0. The predicted molar refractivity (Wildman–Crippen MR) is 76.0 cm³/mol. The van der Waals surface area contributed by atoms with Crippen molar-refractivity contribution in [2.45, 2.75) is 44.2 Å². The van der Waals surface area contributed by atoms with Crippen molar-refractivity contribution in [1.82, 2.24) is 5.32 Å². The summed E-state index contributed by atoms with van der Waals surface area (Å²) in [6, 6.07) is 5.21. The second kappa shape index (κ2) is 7.22. The summed E-state index contributed by atoms with van der Waals surface area (Å²) in [7, 11) is 1.91. The topological polar surface area (TPSA) is 21.3 Å². The number of halogens is 2. The average molecular weight is 286 g/mol. The monoisotopic (exact) mass is 285 g/mol. The van der Waals surface area contributed by atoms with Gasteiger partial charge in [-0.2, -0.15) is 0 Å². The summed E-state index contributed by atoms with van der Waals surface area (Å²) in [5.41, 5.74) is 0.955. The Bertz CT molecular complexity index is 407. The summed E-state index contributed by atoms with van der Waals surface area (Å²) in [6.07, 6.45) is 5.95. The van der Waals surface area contributed by atoms with Crippen molar-refractivity contribution in [2.24, 2.45) is 0 Å². The van der Waals surface area contributed by atoms with Crippen LogP contribution < -0.4 is 5.32 Å². The molecule has 1 aromatic rings. The van der Waals surface area contributed by atoms with Gasteiger partial charge in [-0.15, -0.1) is 0 Å². The van der Waals surface area contributed by atoms with Crippen molar-refractivity contribution in [1.29, 1.82) is 0 Å². The first-order valence-corrected chi connectivity index (χ1v) is 7.32. The zero-order chi connectivity index (χ0) is 13.7. The van der Waals surface area contributed by atoms with Crippen molar-refractivity contribution >= 4 is 11.6 Å². The quantitative estimate of drug-likeness (QED) is 0.850. The van der Waals surface area contributed by atoms with Crippen LogP contribution in [0.3, 0.4) is 0 Å². The zero-order valence-electron chi connectivity index (χ0n) is 11.3. The van der Waals surface area contributed by atoms with E-state index in [1.807, 2.05) is 13.1 Å². The molecule has 1 aromatic carbocycles. The molecule has 106 valence electrons. The molecule has 1 N–H and O–H groups in total. The molecular weight excluding hydrogens is 265 g/mol. The average Bonchev–Trinajstić information content (AvgIpc) is 2.91. The largest absolute Gasteiger partial charge is 0.378 e. The van der Waals surface area contributed by atoms with Crippen LogP contribution in [-0.4, -0.2) is 19.8 Å². The molecule has 0 amide bonds. The fraction of sp³-hybridized carbons (Fsp3) is 0.600. The molecule has 1 fully saturated rings. The minimum atomic E-state index is -0.349. The lowest BCUT2D eigenvalue weighted by molar-refractivity contribution is 0.101. The molecule has 19 heavy (non-hydrogen) atoms. The van der Waals surface area contributed by atoms with E-state index in [9.17, 15) is 4.39 Å². The van der Waals surface area contributed by atoms with Crippen LogP contribution in [0.1, 0.15) is 43.7 Å². The maximum Gasteiger partial charge on any atom is 0.142 e. The second-order valence-electron chi connectivity index (χ2n) is 5.08. The van der Waals surface area contributed by atoms with E-state index < -0.39 is 0 Å². The first-order valence-electron chi connectivity index (χ1n) is 6.94. The lowest BCUT2D eigenvalue weighted by Gasteiger charge is -2.18. The molecule has 0 aromatic heterocycles. The molecule has 2 unspecified atom stereocenters. The first-order chi connectivity index (χ1) is 9.20. The summed E-state index contributed by atoms with van der Waals surface area (Å²) in [5, 5.41) is 3.42. The van der Waals surface area contributed by atoms with Gasteiger partial charge in [-0.05, 0) is 56.8 Å². The molecule has 2 rings (SSSR count). The van der Waals surface area contributed by atoms with Crippen LogP contribution in [0.4, 0.5) is 4.39 Å². The Morgan fingerprint density at radius 2 is 2.37 bits per heavy atom. The molecule has 0 saturated carbocycles. The third-order valence-electron chi connectivity index (χ3n) is 3.74. The van der Waals surface area contributed by atoms with E-state index in [1.54, 1.807) is 6.07 Å². The highest BCUT2D eigenvalue weighted by Crippen LogP contribution is 2.25. The molecule has 0 aliphatic carbocycles. The van der Waals surface area contributed by atoms with Gasteiger partial charge in [-0.1, -0.05) is 17.7 Å². The van der Waals surface area contributed by atoms with E-state index in [0.29, 0.717) is 6.10 Å². The standard InChI is InChI=1S/C15H21ClFNO/c1-18-15(6-2-4-12-5-3-9-19-12)11-7-8-13(16)14(17)10-11/h7-8,10,12,15,18H,2-6,9H2,1H3. The molecule has 2 atom stereocenters. The molecule has 1 aliphatic rings. The van der Waals surface area contributed by atoms with Crippen molar-refractivity contribution in [3.63, 3.8) is 0 Å². The summed E-state index contributed by atoms with van der Waals surface area (Å²) in [5.74, 6) is -0.349. The van der Waals surface area contributed by atoms with Gasteiger partial charge in [-0.3, -0.25) is 0 Å². The van der Waals surface area contributed by atoms with Crippen molar-refractivity contribution in [3.8, 4) is 0 Å². The van der Waals surface area contributed by atoms with Gasteiger partial charge in [0.25, 0.3) is 0 Å². The van der Waals surface area contributed by atoms with Crippen molar-refractivity contribution in [3.05, 3.63) is 34.6 Å². The van der Waals surface area contributed by atoms with Crippen LogP contribution in [-0.2, 0) is 4.74 Å². The van der Waals surface area contributed by atoms with Gasteiger partial charge < -0.3 is 10.1 Å². The Morgan fingerprint density at radius 1 is 1.53 bits per heavy atom. The SMILES string of the molecule is CNC(CCCC1CCCO1)c1ccc(Cl)c(F)c1. The first kappa shape index (κ1) is 14.8. The van der Waals surface area contributed by atoms with Crippen LogP contribution >= 0.6 is 11.6 Å². The number of rotatable bonds is 6. The fourth-order valence-corrected chi connectivity index (χ4v) is 2.75. The van der Waals surface area contributed by atoms with Gasteiger partial charge in [0.2, 0.25) is 0 Å². The number of hydrogen-bond donors (Lipinski definition) is 1. The van der Waals surface area contributed by atoms with E-state index in [1.165, 1.54) is 18.9 Å². The zero-order valence-corrected chi connectivity index (χ0v) is 12.0. The Balaban J connectivity index is 1.86. The molecular formula is C15H21ClFNO. The number of benzene rings is 1. The molecule has 1 saturated heterocycles. The highest BCUT2D eigenvalue weighted by atomic mass is 35.5. The summed E-state index contributed by atoms with van der Waals surface area (Å²) >= 11 is 5.71. The van der Waals surface area contributed by atoms with E-state index in [-0.39, 0.29) is 16.9 Å². The van der Waals surface area contributed by atoms with Gasteiger partial charge in [0.05, 0.1) is 11.1 Å². The normalized spacial score (nSPS) is 20.7. The lowest BCUT2D eigenvalue weighted by atomic mass is 9.99. The smallest absolute Gasteiger partial charge is 0.142 e. The Hall–Kier alpha value is -0.640. The maximum absolute atomic E-state index is 13.5. The van der Waals surface area contributed by atoms with Crippen molar-refractivity contribution in [2.75, 3.05) is 13.7 Å². The lowest BCUT2D eigenvalue weighted by Crippen LogP contribution is -2.17. The molecule has 0 radical (unpaired) electrons. The van der Waals surface area contributed by atoms with Gasteiger partial charge in [0, 0.05) is 12.6 Å². The van der Waals surface area contributed by atoms with Crippen molar-refractivity contribution < 1.29 is 9.13 Å². The maximum atomic E-state index is 13.5. The Labute approximate surface area is 119 Å². The second-order valence-corrected chi connectivity index (χ2v) is 5.49. The summed E-state index contributed by atoms with van der Waals surface area (Å²) < 4.78 is 19.1. The van der Waals surface area contributed by atoms with Gasteiger partial charge >= 0.3 is 0 Å². The Kier molecular flexibility index (Phi) is 5.61. The molecule has 0 bridgehead atoms. The van der Waals surface area contributed by atoms with E-state index in [2.05, 4.69) is 5.32 Å². The number of hydrogen-bond acceptors (Lipinski definition) is 2. The minimum Gasteiger partial charge on any atom is -0.378 e. The predicted octanol–water partition coefficient (Wildman–Crippen LogP) is 4.09. The van der Waals surface area contributed by atoms with Crippen LogP contribution in [0.5, 0.6) is 0 Å². The molecule has 0 spiro atoms. The van der Waals surface area contributed by atoms with Gasteiger partial charge in [0.15, 0.2) is 0 Å². The number of nitrogens with one attached hydrogen (secondary N) is 1. The number of ether oxygens (including phenoxy) is 1. The molecule has 1 aliphatic heterocycles. The highest BCUT2D eigenvalue weighted by Gasteiger charge is 2.17. The van der Waals surface area contributed by atoms with Gasteiger partial charge in [0.1, 0.15) is 5.82 Å². The molecule has 1 heterocycles. The Morgan fingerprint density at radius 3 is 3.00 bits per heavy atom. The molecule has 4 heteroatoms. The summed E-state index contributed by atoms with van der Waals surface area (Å²) in [6.45, 7) is 0.905. The van der Waals surface area contributed by atoms with Crippen LogP contribution in [0.25, 0.3) is 0 Å². The van der Waals surface area contributed by atoms with Crippen LogP contribution in [0.15, 0.2) is 18.2 Å². The minimum absolute atomic E-state index is 0.174. The third kappa shape index (κ3) is 4.16. The van der Waals surface area contributed by atoms with E-state index in [4.69, 9.17) is 16.3 Å². The third-order valence-corrected chi connectivity index (χ3v) is 4.04.